The SMILES string of the molecule is CC.CNC(=O)c1c(-c2ccc(F)cc2)oc2cc(N(C)SC)c(-c3ccc(N)c(C(=O)NCc4ccc(F)cc4OC)c3)cc12. The highest BCUT2D eigenvalue weighted by Crippen LogP contribution is 2.42. The molecule has 1 heterocycles. The summed E-state index contributed by atoms with van der Waals surface area (Å²) in [4.78, 5) is 26.5. The van der Waals surface area contributed by atoms with Gasteiger partial charge < -0.3 is 29.8 Å². The minimum absolute atomic E-state index is 0.0923. The summed E-state index contributed by atoms with van der Waals surface area (Å²) in [6.45, 7) is 4.09. The number of halogens is 2. The molecular formula is C35H36F2N4O4S. The number of hydrogen-bond acceptors (Lipinski definition) is 7. The molecule has 5 rings (SSSR count). The Kier molecular flexibility index (Phi) is 10.9. The van der Waals surface area contributed by atoms with E-state index in [1.54, 1.807) is 36.4 Å². The summed E-state index contributed by atoms with van der Waals surface area (Å²) < 4.78 is 40.7. The predicted octanol–water partition coefficient (Wildman–Crippen LogP) is 7.67. The third-order valence-corrected chi connectivity index (χ3v) is 8.02. The van der Waals surface area contributed by atoms with E-state index in [1.807, 2.05) is 43.6 Å². The maximum atomic E-state index is 13.7. The van der Waals surface area contributed by atoms with E-state index in [-0.39, 0.29) is 23.7 Å². The number of carbonyl (C=O) groups is 2. The number of hydrogen-bond donors (Lipinski definition) is 3. The smallest absolute Gasteiger partial charge is 0.255 e. The predicted molar refractivity (Wildman–Crippen MR) is 182 cm³/mol. The normalized spacial score (nSPS) is 10.6. The van der Waals surface area contributed by atoms with E-state index < -0.39 is 17.5 Å². The molecule has 240 valence electrons. The van der Waals surface area contributed by atoms with E-state index >= 15 is 0 Å². The number of nitrogen functional groups attached to an aromatic ring is 1. The molecule has 0 saturated carbocycles. The molecule has 0 aliphatic rings. The van der Waals surface area contributed by atoms with Gasteiger partial charge in [-0.2, -0.15) is 0 Å². The lowest BCUT2D eigenvalue weighted by atomic mass is 9.96. The number of fused-ring (bicyclic) bond motifs is 1. The Balaban J connectivity index is 0.00000235. The molecule has 4 N–H and O–H groups in total. The van der Waals surface area contributed by atoms with Crippen molar-refractivity contribution >= 4 is 46.1 Å². The van der Waals surface area contributed by atoms with Gasteiger partial charge in [0.2, 0.25) is 0 Å². The Labute approximate surface area is 271 Å². The van der Waals surface area contributed by atoms with Crippen LogP contribution in [0.15, 0.2) is 77.2 Å². The van der Waals surface area contributed by atoms with Crippen LogP contribution in [0.1, 0.15) is 40.1 Å². The third kappa shape index (κ3) is 6.94. The Morgan fingerprint density at radius 2 is 1.61 bits per heavy atom. The van der Waals surface area contributed by atoms with Gasteiger partial charge >= 0.3 is 0 Å². The standard InChI is InChI=1S/C33H30F2N4O4S.C2H6/c1-37-33(41)30-25-15-23(27(39(2)44-4)16-29(25)43-31(30)18-5-9-21(34)10-6-18)19-8-12-26(36)24(13-19)32(40)38-17-20-7-11-22(35)14-28(20)42-3;1-2/h5-16H,17,36H2,1-4H3,(H,37,41)(H,38,40);1-2H3. The Morgan fingerprint density at radius 3 is 2.26 bits per heavy atom. The van der Waals surface area contributed by atoms with Crippen molar-refractivity contribution in [2.24, 2.45) is 0 Å². The van der Waals surface area contributed by atoms with Crippen LogP contribution in [0.25, 0.3) is 33.4 Å². The Hall–Kier alpha value is -5.03. The van der Waals surface area contributed by atoms with Gasteiger partial charge in [0.15, 0.2) is 0 Å². The van der Waals surface area contributed by atoms with E-state index in [0.717, 1.165) is 11.3 Å². The van der Waals surface area contributed by atoms with Gasteiger partial charge in [0.1, 0.15) is 28.7 Å². The summed E-state index contributed by atoms with van der Waals surface area (Å²) in [6, 6.07) is 18.6. The molecule has 46 heavy (non-hydrogen) atoms. The molecule has 8 nitrogen and oxygen atoms in total. The first-order chi connectivity index (χ1) is 22.1. The lowest BCUT2D eigenvalue weighted by Gasteiger charge is -2.20. The monoisotopic (exact) mass is 646 g/mol. The molecular weight excluding hydrogens is 610 g/mol. The third-order valence-electron chi connectivity index (χ3n) is 7.28. The molecule has 11 heteroatoms. The molecule has 1 aromatic heterocycles. The highest BCUT2D eigenvalue weighted by molar-refractivity contribution is 7.99. The van der Waals surface area contributed by atoms with Crippen molar-refractivity contribution < 1.29 is 27.5 Å². The second-order valence-corrected chi connectivity index (χ2v) is 10.8. The number of furan rings is 1. The zero-order chi connectivity index (χ0) is 33.5. The van der Waals surface area contributed by atoms with Crippen LogP contribution in [0.5, 0.6) is 5.75 Å². The van der Waals surface area contributed by atoms with Gasteiger partial charge in [0.05, 0.1) is 23.9 Å². The van der Waals surface area contributed by atoms with Crippen molar-refractivity contribution in [1.82, 2.24) is 10.6 Å². The van der Waals surface area contributed by atoms with Gasteiger partial charge in [-0.15, -0.1) is 0 Å². The highest BCUT2D eigenvalue weighted by atomic mass is 32.2. The number of nitrogens with zero attached hydrogens (tertiary/aromatic N) is 1. The fourth-order valence-electron chi connectivity index (χ4n) is 4.93. The fraction of sp³-hybridized carbons (Fsp3) is 0.200. The van der Waals surface area contributed by atoms with Crippen LogP contribution in [0.3, 0.4) is 0 Å². The van der Waals surface area contributed by atoms with Gasteiger partial charge in [0.25, 0.3) is 11.8 Å². The minimum atomic E-state index is -0.446. The first-order valence-electron chi connectivity index (χ1n) is 14.5. The number of anilines is 2. The van der Waals surface area contributed by atoms with Crippen molar-refractivity contribution in [3.05, 3.63) is 101 Å². The molecule has 0 fully saturated rings. The first-order valence-corrected chi connectivity index (χ1v) is 15.7. The molecule has 0 spiro atoms. The topological polar surface area (TPSA) is 110 Å². The molecule has 0 atom stereocenters. The van der Waals surface area contributed by atoms with Gasteiger partial charge in [-0.3, -0.25) is 9.59 Å². The molecule has 0 aliphatic heterocycles. The molecule has 0 radical (unpaired) electrons. The number of rotatable bonds is 9. The van der Waals surface area contributed by atoms with E-state index in [9.17, 15) is 18.4 Å². The zero-order valence-electron chi connectivity index (χ0n) is 26.5. The van der Waals surface area contributed by atoms with Crippen LogP contribution in [-0.2, 0) is 6.54 Å². The van der Waals surface area contributed by atoms with Gasteiger partial charge in [0, 0.05) is 66.8 Å². The number of ether oxygens (including phenoxy) is 1. The molecule has 0 aliphatic carbocycles. The van der Waals surface area contributed by atoms with Crippen molar-refractivity contribution in [2.45, 2.75) is 20.4 Å². The van der Waals surface area contributed by atoms with Crippen molar-refractivity contribution in [3.8, 4) is 28.2 Å². The minimum Gasteiger partial charge on any atom is -0.496 e. The van der Waals surface area contributed by atoms with Crippen molar-refractivity contribution in [3.63, 3.8) is 0 Å². The fourth-order valence-corrected chi connectivity index (χ4v) is 5.28. The molecule has 0 unspecified atom stereocenters. The number of amides is 2. The maximum Gasteiger partial charge on any atom is 0.255 e. The number of nitrogens with two attached hydrogens (primary N) is 1. The van der Waals surface area contributed by atoms with Crippen molar-refractivity contribution in [2.75, 3.05) is 37.5 Å². The molecule has 0 saturated heterocycles. The van der Waals surface area contributed by atoms with E-state index in [1.165, 1.54) is 50.4 Å². The molecule has 4 aromatic carbocycles. The van der Waals surface area contributed by atoms with Crippen LogP contribution in [0, 0.1) is 11.6 Å². The summed E-state index contributed by atoms with van der Waals surface area (Å²) in [5, 5.41) is 6.05. The number of benzene rings is 4. The maximum absolute atomic E-state index is 13.7. The second-order valence-electron chi connectivity index (χ2n) is 9.88. The summed E-state index contributed by atoms with van der Waals surface area (Å²) in [7, 11) is 4.85. The second kappa shape index (κ2) is 14.8. The summed E-state index contributed by atoms with van der Waals surface area (Å²) in [5.41, 5.74) is 10.8. The molecule has 2 amide bonds. The van der Waals surface area contributed by atoms with E-state index in [4.69, 9.17) is 14.9 Å². The van der Waals surface area contributed by atoms with Gasteiger partial charge in [-0.1, -0.05) is 37.9 Å². The Bertz CT molecular complexity index is 1880. The largest absolute Gasteiger partial charge is 0.496 e. The van der Waals surface area contributed by atoms with Crippen LogP contribution in [-0.4, -0.2) is 39.3 Å². The highest BCUT2D eigenvalue weighted by Gasteiger charge is 2.25. The number of nitrogens with one attached hydrogen (secondary N) is 2. The lowest BCUT2D eigenvalue weighted by Crippen LogP contribution is -2.24. The van der Waals surface area contributed by atoms with Crippen molar-refractivity contribution in [1.29, 1.82) is 0 Å². The van der Waals surface area contributed by atoms with E-state index in [0.29, 0.717) is 44.7 Å². The average Bonchev–Trinajstić information content (AvgIpc) is 3.46. The number of methoxy groups -OCH3 is 1. The van der Waals surface area contributed by atoms with Crippen LogP contribution < -0.4 is 25.4 Å². The van der Waals surface area contributed by atoms with Crippen LogP contribution >= 0.6 is 11.9 Å². The summed E-state index contributed by atoms with van der Waals surface area (Å²) in [5.74, 6) is -1.02. The van der Waals surface area contributed by atoms with Gasteiger partial charge in [-0.25, -0.2) is 8.78 Å². The lowest BCUT2D eigenvalue weighted by molar-refractivity contribution is 0.0947. The zero-order valence-corrected chi connectivity index (χ0v) is 27.3. The number of carbonyl (C=O) groups excluding carboxylic acids is 2. The van der Waals surface area contributed by atoms with Crippen LogP contribution in [0.2, 0.25) is 0 Å². The Morgan fingerprint density at radius 1 is 0.935 bits per heavy atom. The quantitative estimate of drug-likeness (QED) is 0.111. The molecule has 0 bridgehead atoms. The first kappa shape index (κ1) is 33.9. The van der Waals surface area contributed by atoms with Gasteiger partial charge in [-0.05, 0) is 54.1 Å². The average molecular weight is 647 g/mol. The summed E-state index contributed by atoms with van der Waals surface area (Å²) >= 11 is 1.47. The van der Waals surface area contributed by atoms with E-state index in [2.05, 4.69) is 10.6 Å². The summed E-state index contributed by atoms with van der Waals surface area (Å²) in [6.07, 6.45) is 1.92. The van der Waals surface area contributed by atoms with Crippen LogP contribution in [0.4, 0.5) is 20.2 Å². The molecule has 5 aromatic rings.